The second-order valence-electron chi connectivity index (χ2n) is 0.0431. The smallest absolute Gasteiger partial charge is 0 e. The first-order chi connectivity index (χ1) is 1.41. The van der Waals surface area contributed by atoms with E-state index in [1.54, 1.807) is 0 Å². The van der Waals surface area contributed by atoms with Gasteiger partial charge in [0, 0.05) is 51.4 Å². The zero-order valence-electron chi connectivity index (χ0n) is 3.06. The average Bonchev–Trinajstić information content (AvgIpc) is 0.918. The fourth-order valence-electron chi connectivity index (χ4n) is 0. The van der Waals surface area contributed by atoms with Gasteiger partial charge in [-0.25, -0.2) is 0 Å². The first kappa shape index (κ1) is 23.4. The Morgan fingerprint density at radius 2 is 1.00 bits per heavy atom. The van der Waals surface area contributed by atoms with Crippen molar-refractivity contribution in [3.05, 3.63) is 0 Å². The summed E-state index contributed by atoms with van der Waals surface area (Å²) in [4.78, 5) is 0. The van der Waals surface area contributed by atoms with Crippen LogP contribution in [0.15, 0.2) is 0 Å². The van der Waals surface area contributed by atoms with Gasteiger partial charge in [0.15, 0.2) is 0 Å². The molecule has 0 rings (SSSR count). The van der Waals surface area contributed by atoms with Crippen LogP contribution in [-0.2, 0) is 13.1 Å². The van der Waals surface area contributed by atoms with E-state index in [0.717, 1.165) is 13.1 Å². The van der Waals surface area contributed by atoms with Crippen molar-refractivity contribution in [1.82, 2.24) is 0 Å². The Bertz CT molecular complexity index is 11.5. The molecule has 0 aromatic rings. The summed E-state index contributed by atoms with van der Waals surface area (Å²) < 4.78 is 0. The number of rotatable bonds is 0. The second-order valence-corrected chi connectivity index (χ2v) is 1.60. The molecule has 0 fully saturated rings. The summed E-state index contributed by atoms with van der Waals surface area (Å²) in [5, 5.41) is 0. The van der Waals surface area contributed by atoms with E-state index in [9.17, 15) is 0 Å². The minimum atomic E-state index is 0. The fraction of sp³-hybridized carbons (Fsp3) is 0. The Kier molecular flexibility index (Phi) is 99.0. The molecule has 6 heteroatoms. The van der Waals surface area contributed by atoms with Gasteiger partial charge in [-0.1, -0.05) is 0 Å². The van der Waals surface area contributed by atoms with Gasteiger partial charge < -0.3 is 11.0 Å². The summed E-state index contributed by atoms with van der Waals surface area (Å²) >= 11 is 0.757. The first-order valence-corrected chi connectivity index (χ1v) is 2.82. The summed E-state index contributed by atoms with van der Waals surface area (Å²) in [6, 6.07) is 0. The predicted molar refractivity (Wildman–Crippen MR) is 24.7 cm³/mol. The number of hydrogen-bond acceptors (Lipinski definition) is 0. The van der Waals surface area contributed by atoms with Crippen LogP contribution >= 0.6 is 20.2 Å². The van der Waals surface area contributed by atoms with Crippen LogP contribution in [0.2, 0.25) is 0 Å². The van der Waals surface area contributed by atoms with Gasteiger partial charge in [-0.15, -0.1) is 0 Å². The SMILES string of the molecule is O.O.[Cl][Cu][Cl].[K]. The van der Waals surface area contributed by atoms with E-state index in [4.69, 9.17) is 0 Å². The van der Waals surface area contributed by atoms with Crippen LogP contribution in [0.4, 0.5) is 0 Å². The van der Waals surface area contributed by atoms with Crippen molar-refractivity contribution in [2.24, 2.45) is 0 Å². The molecule has 0 amide bonds. The zero-order valence-corrected chi connectivity index (χ0v) is 8.63. The van der Waals surface area contributed by atoms with E-state index in [1.165, 1.54) is 0 Å². The molecule has 0 aromatic carbocycles. The number of hydrogen-bond donors (Lipinski definition) is 0. The third kappa shape index (κ3) is 30.2. The fourth-order valence-corrected chi connectivity index (χ4v) is 0. The van der Waals surface area contributed by atoms with Crippen molar-refractivity contribution in [3.63, 3.8) is 0 Å². The minimum absolute atomic E-state index is 0. The molecule has 0 atom stereocenters. The maximum atomic E-state index is 4.67. The van der Waals surface area contributed by atoms with Gasteiger partial charge in [-0.2, -0.15) is 0 Å². The molecule has 4 N–H and O–H groups in total. The van der Waals surface area contributed by atoms with E-state index >= 15 is 0 Å². The molecule has 2 nitrogen and oxygen atoms in total. The van der Waals surface area contributed by atoms with Crippen molar-refractivity contribution in [1.29, 1.82) is 0 Å². The van der Waals surface area contributed by atoms with Gasteiger partial charge in [-0.05, 0) is 0 Å². The molecule has 0 bridgehead atoms. The third-order valence-electron chi connectivity index (χ3n) is 0. The summed E-state index contributed by atoms with van der Waals surface area (Å²) in [5.74, 6) is 0. The topological polar surface area (TPSA) is 63.0 Å². The van der Waals surface area contributed by atoms with Gasteiger partial charge in [0.05, 0.1) is 0 Å². The van der Waals surface area contributed by atoms with Gasteiger partial charge in [0.1, 0.15) is 0 Å². The van der Waals surface area contributed by atoms with Crippen LogP contribution < -0.4 is 0 Å². The predicted octanol–water partition coefficient (Wildman–Crippen LogP) is -0.654. The van der Waals surface area contributed by atoms with E-state index in [0.29, 0.717) is 0 Å². The summed E-state index contributed by atoms with van der Waals surface area (Å²) in [5.41, 5.74) is 0. The molecule has 0 aliphatic carbocycles. The Morgan fingerprint density at radius 1 is 1.00 bits per heavy atom. The van der Waals surface area contributed by atoms with Gasteiger partial charge in [0.25, 0.3) is 0 Å². The zero-order chi connectivity index (χ0) is 2.71. The van der Waals surface area contributed by atoms with Gasteiger partial charge in [0.2, 0.25) is 0 Å². The molecule has 0 aromatic heterocycles. The number of halogens is 2. The van der Waals surface area contributed by atoms with Crippen LogP contribution in [0, 0.1) is 0 Å². The maximum Gasteiger partial charge on any atom is 0 e. The largest absolute Gasteiger partial charge is 0 e. The van der Waals surface area contributed by atoms with Crippen LogP contribution in [0.25, 0.3) is 0 Å². The third-order valence-corrected chi connectivity index (χ3v) is 0. The van der Waals surface area contributed by atoms with Crippen LogP contribution in [0.1, 0.15) is 0 Å². The average molecular weight is 210 g/mol. The quantitative estimate of drug-likeness (QED) is 0.476. The van der Waals surface area contributed by atoms with Crippen molar-refractivity contribution in [2.75, 3.05) is 0 Å². The van der Waals surface area contributed by atoms with Crippen LogP contribution in [0.5, 0.6) is 0 Å². The van der Waals surface area contributed by atoms with Crippen LogP contribution in [0.3, 0.4) is 0 Å². The molecule has 0 heterocycles. The van der Waals surface area contributed by atoms with Crippen molar-refractivity contribution < 1.29 is 24.1 Å². The van der Waals surface area contributed by atoms with Crippen molar-refractivity contribution in [3.8, 4) is 0 Å². The molecule has 0 saturated heterocycles. The standard InChI is InChI=1S/2ClH.Cu.K.2H2O/h2*1H;;;2*1H2/q;;+2;;;/p-2. The van der Waals surface area contributed by atoms with Crippen molar-refractivity contribution >= 4 is 71.6 Å². The first-order valence-electron chi connectivity index (χ1n) is 0.228. The maximum absolute atomic E-state index is 4.67. The molecular weight excluding hydrogens is 206 g/mol. The molecule has 0 aliphatic rings. The molecule has 1 radical (unpaired) electrons. The van der Waals surface area contributed by atoms with E-state index in [-0.39, 0.29) is 62.3 Å². The Hall–Kier alpha value is 2.66. The van der Waals surface area contributed by atoms with E-state index < -0.39 is 0 Å². The molecular formula is H4Cl2CuKO2. The minimum Gasteiger partial charge on any atom is 0 e. The van der Waals surface area contributed by atoms with Crippen molar-refractivity contribution in [2.45, 2.75) is 0 Å². The second kappa shape index (κ2) is 25.4. The summed E-state index contributed by atoms with van der Waals surface area (Å²) in [7, 11) is 9.34. The monoisotopic (exact) mass is 208 g/mol. The van der Waals surface area contributed by atoms with Crippen LogP contribution in [-0.4, -0.2) is 62.3 Å². The van der Waals surface area contributed by atoms with Gasteiger partial charge in [-0.3, -0.25) is 0 Å². The molecule has 0 spiro atoms. The van der Waals surface area contributed by atoms with E-state index in [2.05, 4.69) is 20.2 Å². The normalized spacial score (nSPS) is 3.67. The molecule has 0 unspecified atom stereocenters. The summed E-state index contributed by atoms with van der Waals surface area (Å²) in [6.45, 7) is 0. The Morgan fingerprint density at radius 3 is 1.00 bits per heavy atom. The summed E-state index contributed by atoms with van der Waals surface area (Å²) in [6.07, 6.45) is 0. The molecule has 0 aliphatic heterocycles. The molecule has 0 saturated carbocycles. The Labute approximate surface area is 93.6 Å². The molecule has 6 heavy (non-hydrogen) atoms. The molecule has 42 valence electrons. The van der Waals surface area contributed by atoms with Gasteiger partial charge >= 0.3 is 33.3 Å². The van der Waals surface area contributed by atoms with E-state index in [1.807, 2.05) is 0 Å². The Balaban J connectivity index is -0.00000000667.